The number of rotatable bonds is 4. The third-order valence-electron chi connectivity index (χ3n) is 2.95. The highest BCUT2D eigenvalue weighted by atomic mass is 32.2. The highest BCUT2D eigenvalue weighted by Gasteiger charge is 2.23. The smallest absolute Gasteiger partial charge is 0.276 e. The van der Waals surface area contributed by atoms with Crippen molar-refractivity contribution in [2.75, 3.05) is 32.7 Å². The highest BCUT2D eigenvalue weighted by molar-refractivity contribution is 7.86. The van der Waals surface area contributed by atoms with Gasteiger partial charge in [0.1, 0.15) is 0 Å². The van der Waals surface area contributed by atoms with Gasteiger partial charge in [-0.2, -0.15) is 12.7 Å². The minimum atomic E-state index is -3.50. The van der Waals surface area contributed by atoms with E-state index >= 15 is 0 Å². The van der Waals surface area contributed by atoms with Crippen LogP contribution in [0.1, 0.15) is 4.88 Å². The number of piperazine rings is 1. The van der Waals surface area contributed by atoms with Gasteiger partial charge in [-0.3, -0.25) is 0 Å². The molecule has 0 radical (unpaired) electrons. The van der Waals surface area contributed by atoms with Crippen LogP contribution in [0.3, 0.4) is 0 Å². The Bertz CT molecular complexity index is 436. The molecule has 1 aliphatic rings. The van der Waals surface area contributed by atoms with Crippen molar-refractivity contribution in [2.24, 2.45) is 5.14 Å². The van der Waals surface area contributed by atoms with E-state index in [1.165, 1.54) is 9.18 Å². The summed E-state index contributed by atoms with van der Waals surface area (Å²) in [5, 5.41) is 7.17. The van der Waals surface area contributed by atoms with E-state index in [0.717, 1.165) is 26.1 Å². The predicted molar refractivity (Wildman–Crippen MR) is 69.1 cm³/mol. The lowest BCUT2D eigenvalue weighted by Crippen LogP contribution is -2.50. The molecule has 1 saturated heterocycles. The van der Waals surface area contributed by atoms with Gasteiger partial charge < -0.3 is 4.90 Å². The van der Waals surface area contributed by atoms with Crippen molar-refractivity contribution in [3.05, 3.63) is 22.4 Å². The summed E-state index contributed by atoms with van der Waals surface area (Å²) >= 11 is 1.76. The van der Waals surface area contributed by atoms with E-state index < -0.39 is 10.2 Å². The maximum Gasteiger partial charge on any atom is 0.276 e. The Kier molecular flexibility index (Phi) is 4.16. The molecule has 2 N–H and O–H groups in total. The van der Waals surface area contributed by atoms with Crippen LogP contribution in [0.25, 0.3) is 0 Å². The number of thiophene rings is 1. The van der Waals surface area contributed by atoms with Crippen molar-refractivity contribution in [2.45, 2.75) is 6.42 Å². The van der Waals surface area contributed by atoms with Crippen LogP contribution in [0.5, 0.6) is 0 Å². The summed E-state index contributed by atoms with van der Waals surface area (Å²) in [4.78, 5) is 3.65. The second kappa shape index (κ2) is 5.45. The first-order valence-electron chi connectivity index (χ1n) is 5.58. The van der Waals surface area contributed by atoms with Gasteiger partial charge in [0.25, 0.3) is 10.2 Å². The topological polar surface area (TPSA) is 66.6 Å². The predicted octanol–water partition coefficient (Wildman–Crippen LogP) is 0.112. The van der Waals surface area contributed by atoms with Crippen molar-refractivity contribution in [3.63, 3.8) is 0 Å². The summed E-state index contributed by atoms with van der Waals surface area (Å²) in [6.07, 6.45) is 1.03. The summed E-state index contributed by atoms with van der Waals surface area (Å²) in [6.45, 7) is 3.52. The molecule has 7 heteroatoms. The quantitative estimate of drug-likeness (QED) is 0.848. The first kappa shape index (κ1) is 13.0. The Balaban J connectivity index is 1.76. The van der Waals surface area contributed by atoms with E-state index in [2.05, 4.69) is 22.4 Å². The SMILES string of the molecule is NS(=O)(=O)N1CCN(CCc2cccs2)CC1. The molecule has 0 saturated carbocycles. The minimum Gasteiger partial charge on any atom is -0.300 e. The number of nitrogens with two attached hydrogens (primary N) is 1. The maximum absolute atomic E-state index is 11.1. The van der Waals surface area contributed by atoms with Gasteiger partial charge in [0.2, 0.25) is 0 Å². The molecular weight excluding hydrogens is 258 g/mol. The molecule has 0 spiro atoms. The zero-order valence-corrected chi connectivity index (χ0v) is 11.2. The van der Waals surface area contributed by atoms with Gasteiger partial charge in [-0.1, -0.05) is 6.07 Å². The number of nitrogens with zero attached hydrogens (tertiary/aromatic N) is 2. The summed E-state index contributed by atoms with van der Waals surface area (Å²) in [7, 11) is -3.50. The van der Waals surface area contributed by atoms with Crippen LogP contribution in [0.2, 0.25) is 0 Å². The normalized spacial score (nSPS) is 19.6. The van der Waals surface area contributed by atoms with Crippen molar-refractivity contribution in [1.29, 1.82) is 0 Å². The van der Waals surface area contributed by atoms with E-state index in [-0.39, 0.29) is 0 Å². The Morgan fingerprint density at radius 1 is 1.29 bits per heavy atom. The molecule has 0 bridgehead atoms. The second-order valence-corrected chi connectivity index (χ2v) is 6.69. The van der Waals surface area contributed by atoms with E-state index in [0.29, 0.717) is 13.1 Å². The Hall–Kier alpha value is -0.470. The third kappa shape index (κ3) is 3.75. The number of hydrogen-bond acceptors (Lipinski definition) is 4. The van der Waals surface area contributed by atoms with Gasteiger partial charge in [-0.15, -0.1) is 11.3 Å². The van der Waals surface area contributed by atoms with Gasteiger partial charge in [0.05, 0.1) is 0 Å². The lowest BCUT2D eigenvalue weighted by Gasteiger charge is -2.32. The third-order valence-corrected chi connectivity index (χ3v) is 4.97. The van der Waals surface area contributed by atoms with Crippen LogP contribution < -0.4 is 5.14 Å². The molecule has 1 aromatic rings. The number of hydrogen-bond donors (Lipinski definition) is 1. The average molecular weight is 275 g/mol. The van der Waals surface area contributed by atoms with Gasteiger partial charge in [-0.25, -0.2) is 5.14 Å². The Labute approximate surface area is 106 Å². The fourth-order valence-corrected chi connectivity index (χ4v) is 3.30. The highest BCUT2D eigenvalue weighted by Crippen LogP contribution is 2.11. The molecule has 0 amide bonds. The van der Waals surface area contributed by atoms with E-state index in [1.54, 1.807) is 11.3 Å². The lowest BCUT2D eigenvalue weighted by atomic mass is 10.3. The molecule has 2 rings (SSSR count). The van der Waals surface area contributed by atoms with Crippen molar-refractivity contribution >= 4 is 21.5 Å². The summed E-state index contributed by atoms with van der Waals surface area (Å²) in [5.41, 5.74) is 0. The monoisotopic (exact) mass is 275 g/mol. The molecule has 5 nitrogen and oxygen atoms in total. The fourth-order valence-electron chi connectivity index (χ4n) is 1.93. The molecule has 1 aromatic heterocycles. The van der Waals surface area contributed by atoms with Crippen molar-refractivity contribution in [1.82, 2.24) is 9.21 Å². The largest absolute Gasteiger partial charge is 0.300 e. The van der Waals surface area contributed by atoms with E-state index in [9.17, 15) is 8.42 Å². The Morgan fingerprint density at radius 3 is 2.53 bits per heavy atom. The second-order valence-electron chi connectivity index (χ2n) is 4.11. The molecule has 1 fully saturated rings. The van der Waals surface area contributed by atoms with Crippen LogP contribution in [0.15, 0.2) is 17.5 Å². The lowest BCUT2D eigenvalue weighted by molar-refractivity contribution is 0.190. The summed E-state index contributed by atoms with van der Waals surface area (Å²) < 4.78 is 23.6. The van der Waals surface area contributed by atoms with Crippen LogP contribution in [-0.4, -0.2) is 50.3 Å². The van der Waals surface area contributed by atoms with Crippen molar-refractivity contribution in [3.8, 4) is 0 Å². The minimum absolute atomic E-state index is 0.503. The van der Waals surface area contributed by atoms with Gasteiger partial charge in [0.15, 0.2) is 0 Å². The molecule has 96 valence electrons. The van der Waals surface area contributed by atoms with Gasteiger partial charge in [0, 0.05) is 37.6 Å². The molecule has 0 atom stereocenters. The average Bonchev–Trinajstić information content (AvgIpc) is 2.78. The fraction of sp³-hybridized carbons (Fsp3) is 0.600. The van der Waals surface area contributed by atoms with Crippen LogP contribution in [-0.2, 0) is 16.6 Å². The van der Waals surface area contributed by atoms with E-state index in [1.807, 2.05) is 0 Å². The molecule has 0 aromatic carbocycles. The molecule has 0 unspecified atom stereocenters. The zero-order valence-electron chi connectivity index (χ0n) is 9.58. The first-order chi connectivity index (χ1) is 8.05. The summed E-state index contributed by atoms with van der Waals surface area (Å²) in [6, 6.07) is 4.18. The van der Waals surface area contributed by atoms with Gasteiger partial charge in [-0.05, 0) is 17.9 Å². The van der Waals surface area contributed by atoms with Crippen LogP contribution in [0, 0.1) is 0 Å². The van der Waals surface area contributed by atoms with Crippen LogP contribution >= 0.6 is 11.3 Å². The zero-order chi connectivity index (χ0) is 12.3. The molecular formula is C10H17N3O2S2. The Morgan fingerprint density at radius 2 is 2.00 bits per heavy atom. The maximum atomic E-state index is 11.1. The van der Waals surface area contributed by atoms with Crippen molar-refractivity contribution < 1.29 is 8.42 Å². The summed E-state index contributed by atoms with van der Waals surface area (Å²) in [5.74, 6) is 0. The molecule has 17 heavy (non-hydrogen) atoms. The standard InChI is InChI=1S/C10H17N3O2S2/c11-17(14,15)13-7-5-12(6-8-13)4-3-10-2-1-9-16-10/h1-2,9H,3-8H2,(H2,11,14,15). The molecule has 2 heterocycles. The van der Waals surface area contributed by atoms with Gasteiger partial charge >= 0.3 is 0 Å². The molecule has 1 aliphatic heterocycles. The van der Waals surface area contributed by atoms with Crippen LogP contribution in [0.4, 0.5) is 0 Å². The van der Waals surface area contributed by atoms with E-state index in [4.69, 9.17) is 5.14 Å². The molecule has 0 aliphatic carbocycles. The first-order valence-corrected chi connectivity index (χ1v) is 7.96.